The lowest BCUT2D eigenvalue weighted by molar-refractivity contribution is 0.628. The van der Waals surface area contributed by atoms with Crippen LogP contribution in [-0.4, -0.2) is 9.38 Å². The van der Waals surface area contributed by atoms with Crippen LogP contribution in [0.15, 0.2) is 85.1 Å². The van der Waals surface area contributed by atoms with Gasteiger partial charge in [-0.1, -0.05) is 54.1 Å². The Labute approximate surface area is 162 Å². The number of aryl methyl sites for hydroxylation is 1. The van der Waals surface area contributed by atoms with Crippen molar-refractivity contribution < 1.29 is 4.39 Å². The Bertz CT molecular complexity index is 1280. The minimum atomic E-state index is -0.238. The lowest BCUT2D eigenvalue weighted by Crippen LogP contribution is -1.97. The van der Waals surface area contributed by atoms with Crippen LogP contribution in [0.5, 0.6) is 0 Å². The first-order valence-electron chi connectivity index (χ1n) is 9.39. The topological polar surface area (TPSA) is 17.3 Å². The molecule has 2 aromatic heterocycles. The highest BCUT2D eigenvalue weighted by atomic mass is 19.1. The molecular formula is C25H19FN2. The van der Waals surface area contributed by atoms with Gasteiger partial charge < -0.3 is 4.40 Å². The third-order valence-corrected chi connectivity index (χ3v) is 5.22. The van der Waals surface area contributed by atoms with E-state index in [0.717, 1.165) is 39.8 Å². The predicted octanol–water partition coefficient (Wildman–Crippen LogP) is 6.19. The maximum Gasteiger partial charge on any atom is 0.145 e. The molecule has 0 N–H and O–H groups in total. The molecule has 28 heavy (non-hydrogen) atoms. The first kappa shape index (κ1) is 16.7. The van der Waals surface area contributed by atoms with Gasteiger partial charge in [0.1, 0.15) is 11.5 Å². The average molecular weight is 366 g/mol. The normalized spacial score (nSPS) is 11.4. The van der Waals surface area contributed by atoms with Gasteiger partial charge in [-0.25, -0.2) is 9.37 Å². The molecule has 0 atom stereocenters. The van der Waals surface area contributed by atoms with Crippen LogP contribution in [0.2, 0.25) is 0 Å². The monoisotopic (exact) mass is 366 g/mol. The van der Waals surface area contributed by atoms with E-state index in [1.807, 2.05) is 12.1 Å². The Morgan fingerprint density at radius 1 is 0.857 bits per heavy atom. The van der Waals surface area contributed by atoms with Gasteiger partial charge in [0.05, 0.1) is 11.4 Å². The highest BCUT2D eigenvalue weighted by Gasteiger charge is 2.16. The summed E-state index contributed by atoms with van der Waals surface area (Å²) in [4.78, 5) is 4.99. The van der Waals surface area contributed by atoms with Gasteiger partial charge in [0.2, 0.25) is 0 Å². The maximum absolute atomic E-state index is 13.5. The first-order valence-corrected chi connectivity index (χ1v) is 9.39. The lowest BCUT2D eigenvalue weighted by Gasteiger charge is -2.07. The molecule has 0 spiro atoms. The van der Waals surface area contributed by atoms with Crippen LogP contribution >= 0.6 is 0 Å². The number of hydrogen-bond donors (Lipinski definition) is 0. The van der Waals surface area contributed by atoms with Gasteiger partial charge in [-0.15, -0.1) is 0 Å². The van der Waals surface area contributed by atoms with Crippen molar-refractivity contribution in [3.63, 3.8) is 0 Å². The third kappa shape index (κ3) is 2.85. The number of fused-ring (bicyclic) bond motifs is 3. The number of nitrogens with zero attached hydrogens (tertiary/aromatic N) is 2. The van der Waals surface area contributed by atoms with Crippen molar-refractivity contribution in [3.05, 3.63) is 108 Å². The smallest absolute Gasteiger partial charge is 0.145 e. The Hall–Kier alpha value is -3.46. The largest absolute Gasteiger partial charge is 0.303 e. The Balaban J connectivity index is 1.76. The summed E-state index contributed by atoms with van der Waals surface area (Å²) < 4.78 is 15.6. The summed E-state index contributed by atoms with van der Waals surface area (Å²) in [5.74, 6) is -0.238. The standard InChI is InChI=1S/C25H19FN2/c1-17-6-8-18(9-7-17)16-23-24(20-10-12-21(26)13-11-20)27-25-22-5-3-2-4-19(22)14-15-28(23)25/h2-15H,16H2,1H3. The zero-order valence-electron chi connectivity index (χ0n) is 15.6. The molecule has 0 unspecified atom stereocenters. The second-order valence-electron chi connectivity index (χ2n) is 7.17. The number of aromatic nitrogens is 2. The van der Waals surface area contributed by atoms with Crippen molar-refractivity contribution in [2.45, 2.75) is 13.3 Å². The molecule has 2 nitrogen and oxygen atoms in total. The highest BCUT2D eigenvalue weighted by Crippen LogP contribution is 2.30. The van der Waals surface area contributed by atoms with E-state index < -0.39 is 0 Å². The van der Waals surface area contributed by atoms with Gasteiger partial charge in [0.25, 0.3) is 0 Å². The van der Waals surface area contributed by atoms with Crippen LogP contribution < -0.4 is 0 Å². The summed E-state index contributed by atoms with van der Waals surface area (Å²) in [6, 6.07) is 25.6. The van der Waals surface area contributed by atoms with Crippen LogP contribution in [0, 0.1) is 12.7 Å². The minimum absolute atomic E-state index is 0.238. The molecule has 3 aromatic carbocycles. The maximum atomic E-state index is 13.5. The molecule has 0 saturated heterocycles. The number of rotatable bonds is 3. The van der Waals surface area contributed by atoms with Gasteiger partial charge in [-0.2, -0.15) is 0 Å². The quantitative estimate of drug-likeness (QED) is 0.372. The van der Waals surface area contributed by atoms with Crippen LogP contribution in [0.1, 0.15) is 16.8 Å². The van der Waals surface area contributed by atoms with Crippen molar-refractivity contribution in [1.82, 2.24) is 9.38 Å². The first-order chi connectivity index (χ1) is 13.7. The number of benzene rings is 3. The van der Waals surface area contributed by atoms with Crippen LogP contribution in [0.25, 0.3) is 27.7 Å². The molecular weight excluding hydrogens is 347 g/mol. The third-order valence-electron chi connectivity index (χ3n) is 5.22. The molecule has 0 aliphatic heterocycles. The Kier molecular flexibility index (Phi) is 3.94. The summed E-state index contributed by atoms with van der Waals surface area (Å²) in [7, 11) is 0. The second kappa shape index (κ2) is 6.61. The van der Waals surface area contributed by atoms with Crippen LogP contribution in [0.4, 0.5) is 4.39 Å². The van der Waals surface area contributed by atoms with Crippen molar-refractivity contribution in [1.29, 1.82) is 0 Å². The molecule has 5 aromatic rings. The molecule has 0 amide bonds. The second-order valence-corrected chi connectivity index (χ2v) is 7.17. The number of hydrogen-bond acceptors (Lipinski definition) is 1. The number of halogens is 1. The molecule has 3 heteroatoms. The fourth-order valence-corrected chi connectivity index (χ4v) is 3.72. The molecule has 5 rings (SSSR count). The van der Waals surface area contributed by atoms with Crippen molar-refractivity contribution in [2.75, 3.05) is 0 Å². The molecule has 0 bridgehead atoms. The SMILES string of the molecule is Cc1ccc(Cc2c(-c3ccc(F)cc3)nc3c4ccccc4ccn23)cc1. The minimum Gasteiger partial charge on any atom is -0.303 e. The Morgan fingerprint density at radius 3 is 2.39 bits per heavy atom. The molecule has 136 valence electrons. The molecule has 0 fully saturated rings. The van der Waals surface area contributed by atoms with E-state index in [0.29, 0.717) is 0 Å². The van der Waals surface area contributed by atoms with Gasteiger partial charge in [-0.05, 0) is 48.2 Å². The van der Waals surface area contributed by atoms with Crippen molar-refractivity contribution in [3.8, 4) is 11.3 Å². The Morgan fingerprint density at radius 2 is 1.61 bits per heavy atom. The van der Waals surface area contributed by atoms with E-state index >= 15 is 0 Å². The van der Waals surface area contributed by atoms with Gasteiger partial charge >= 0.3 is 0 Å². The van der Waals surface area contributed by atoms with E-state index in [9.17, 15) is 4.39 Å². The van der Waals surface area contributed by atoms with E-state index in [4.69, 9.17) is 4.98 Å². The summed E-state index contributed by atoms with van der Waals surface area (Å²) in [6.45, 7) is 2.09. The molecule has 0 aliphatic carbocycles. The summed E-state index contributed by atoms with van der Waals surface area (Å²) in [5, 5.41) is 2.27. The summed E-state index contributed by atoms with van der Waals surface area (Å²) in [5.41, 5.74) is 6.33. The van der Waals surface area contributed by atoms with Gasteiger partial charge in [0, 0.05) is 23.6 Å². The predicted molar refractivity (Wildman–Crippen MR) is 112 cm³/mol. The van der Waals surface area contributed by atoms with Crippen molar-refractivity contribution in [2.24, 2.45) is 0 Å². The van der Waals surface area contributed by atoms with E-state index in [-0.39, 0.29) is 5.82 Å². The van der Waals surface area contributed by atoms with Crippen molar-refractivity contribution >= 4 is 16.4 Å². The van der Waals surface area contributed by atoms with Gasteiger partial charge in [0.15, 0.2) is 0 Å². The van der Waals surface area contributed by atoms with E-state index in [1.54, 1.807) is 12.1 Å². The van der Waals surface area contributed by atoms with E-state index in [2.05, 4.69) is 60.0 Å². The number of imidazole rings is 1. The number of pyridine rings is 1. The molecule has 0 saturated carbocycles. The molecule has 0 aliphatic rings. The molecule has 0 radical (unpaired) electrons. The average Bonchev–Trinajstić information content (AvgIpc) is 3.09. The zero-order chi connectivity index (χ0) is 19.1. The highest BCUT2D eigenvalue weighted by molar-refractivity contribution is 5.95. The lowest BCUT2D eigenvalue weighted by atomic mass is 10.0. The van der Waals surface area contributed by atoms with E-state index in [1.165, 1.54) is 23.3 Å². The fraction of sp³-hybridized carbons (Fsp3) is 0.0800. The van der Waals surface area contributed by atoms with Crippen LogP contribution in [0.3, 0.4) is 0 Å². The summed E-state index contributed by atoms with van der Waals surface area (Å²) in [6.07, 6.45) is 2.84. The fourth-order valence-electron chi connectivity index (χ4n) is 3.72. The zero-order valence-corrected chi connectivity index (χ0v) is 15.6. The summed E-state index contributed by atoms with van der Waals surface area (Å²) >= 11 is 0. The van der Waals surface area contributed by atoms with Gasteiger partial charge in [-0.3, -0.25) is 0 Å². The molecule has 2 heterocycles. The van der Waals surface area contributed by atoms with Crippen LogP contribution in [-0.2, 0) is 6.42 Å².